The molecule has 3 aromatic rings. The first-order valence-electron chi connectivity index (χ1n) is 11.3. The largest absolute Gasteiger partial charge is 0.396 e. The average Bonchev–Trinajstić information content (AvgIpc) is 3.59. The van der Waals surface area contributed by atoms with Crippen molar-refractivity contribution in [3.8, 4) is 0 Å². The second-order valence-corrected chi connectivity index (χ2v) is 10.2. The van der Waals surface area contributed by atoms with Crippen molar-refractivity contribution >= 4 is 34.3 Å². The van der Waals surface area contributed by atoms with Gasteiger partial charge in [0.2, 0.25) is 0 Å². The van der Waals surface area contributed by atoms with Crippen molar-refractivity contribution in [2.24, 2.45) is 10.9 Å². The second-order valence-electron chi connectivity index (χ2n) is 8.94. The molecule has 6 nitrogen and oxygen atoms in total. The van der Waals surface area contributed by atoms with Crippen molar-refractivity contribution in [1.82, 2.24) is 19.7 Å². The minimum Gasteiger partial charge on any atom is -0.396 e. The van der Waals surface area contributed by atoms with Crippen LogP contribution in [0.2, 0.25) is 5.02 Å². The highest BCUT2D eigenvalue weighted by Crippen LogP contribution is 2.47. The maximum Gasteiger partial charge on any atom is 0.333 e. The van der Waals surface area contributed by atoms with Crippen molar-refractivity contribution < 1.29 is 22.7 Å². The van der Waals surface area contributed by atoms with E-state index in [1.165, 1.54) is 41.8 Å². The predicted molar refractivity (Wildman–Crippen MR) is 129 cm³/mol. The summed E-state index contributed by atoms with van der Waals surface area (Å²) in [5.41, 5.74) is 0.0654. The van der Waals surface area contributed by atoms with E-state index < -0.39 is 30.0 Å². The molecule has 0 radical (unpaired) electrons. The molecule has 0 aliphatic carbocycles. The summed E-state index contributed by atoms with van der Waals surface area (Å²) in [6.45, 7) is -1.68. The number of allylic oxidation sites excluding steroid dienone is 1. The highest BCUT2D eigenvalue weighted by Gasteiger charge is 2.49. The third kappa shape index (κ3) is 4.44. The highest BCUT2D eigenvalue weighted by atomic mass is 35.5. The van der Waals surface area contributed by atoms with E-state index in [9.17, 15) is 18.3 Å². The molecule has 1 fully saturated rings. The van der Waals surface area contributed by atoms with E-state index in [0.717, 1.165) is 0 Å². The molecule has 12 heteroatoms. The number of aliphatic imine (C=N–C) groups is 1. The lowest BCUT2D eigenvalue weighted by atomic mass is 9.88. The molecular formula is C24H22ClF4N5OS. The lowest BCUT2D eigenvalue weighted by Crippen LogP contribution is -2.39. The lowest BCUT2D eigenvalue weighted by Gasteiger charge is -2.26. The maximum absolute atomic E-state index is 16.2. The number of hydrogen-bond donors (Lipinski definition) is 1. The van der Waals surface area contributed by atoms with Gasteiger partial charge < -0.3 is 10.0 Å². The third-order valence-electron chi connectivity index (χ3n) is 6.71. The van der Waals surface area contributed by atoms with Crippen LogP contribution in [0.3, 0.4) is 0 Å². The number of nitrogens with zero attached hydrogens (tertiary/aromatic N) is 5. The Morgan fingerprint density at radius 3 is 2.75 bits per heavy atom. The lowest BCUT2D eigenvalue weighted by molar-refractivity contribution is 0.0564. The monoisotopic (exact) mass is 539 g/mol. The molecule has 0 bridgehead atoms. The third-order valence-corrected chi connectivity index (χ3v) is 7.80. The minimum absolute atomic E-state index is 0.0696. The Morgan fingerprint density at radius 1 is 1.31 bits per heavy atom. The van der Waals surface area contributed by atoms with E-state index in [1.807, 2.05) is 0 Å². The van der Waals surface area contributed by atoms with Gasteiger partial charge in [-0.1, -0.05) is 24.6 Å². The van der Waals surface area contributed by atoms with Crippen LogP contribution in [0.15, 0.2) is 52.7 Å². The second kappa shape index (κ2) is 9.60. The summed E-state index contributed by atoms with van der Waals surface area (Å²) < 4.78 is 57.2. The molecule has 5 rings (SSSR count). The number of aliphatic hydroxyl groups excluding tert-OH is 1. The van der Waals surface area contributed by atoms with Crippen molar-refractivity contribution in [2.75, 3.05) is 13.2 Å². The summed E-state index contributed by atoms with van der Waals surface area (Å²) >= 11 is 7.72. The summed E-state index contributed by atoms with van der Waals surface area (Å²) in [5.74, 6) is -0.786. The molecule has 2 aliphatic heterocycles. The van der Waals surface area contributed by atoms with Gasteiger partial charge in [-0.15, -0.1) is 11.3 Å². The van der Waals surface area contributed by atoms with Crippen molar-refractivity contribution in [3.63, 3.8) is 0 Å². The summed E-state index contributed by atoms with van der Waals surface area (Å²) in [4.78, 5) is 11.0. The number of rotatable bonds is 6. The fourth-order valence-corrected chi connectivity index (χ4v) is 5.58. The summed E-state index contributed by atoms with van der Waals surface area (Å²) in [6.07, 6.45) is 2.87. The van der Waals surface area contributed by atoms with Gasteiger partial charge in [0.1, 0.15) is 11.5 Å². The molecule has 1 unspecified atom stereocenters. The SMILES string of the molecule is C[C@@H](CO)C1(F)CC2=C(c3ccn(C(F)F)n3)C[C@H](c3ccc(F)cc3Cl)N=C(c3nccs3)N2C1. The average molecular weight is 540 g/mol. The predicted octanol–water partition coefficient (Wildman–Crippen LogP) is 5.87. The van der Waals surface area contributed by atoms with Crippen LogP contribution in [-0.4, -0.2) is 49.4 Å². The Balaban J connectivity index is 1.72. The molecule has 1 N–H and O–H groups in total. The standard InChI is InChI=1S/C24H22ClF4N5OS/c1-13(11-35)24(29)10-20-16(18-4-6-34(32-18)23(27)28)9-19(15-3-2-14(26)8-17(15)25)31-21(33(20)12-24)22-30-5-7-36-22/h2-8,13,19,23,35H,9-12H2,1H3/t13-,19+,24?/m0/s1. The fourth-order valence-electron chi connectivity index (χ4n) is 4.64. The maximum atomic E-state index is 16.2. The van der Waals surface area contributed by atoms with Crippen LogP contribution in [0, 0.1) is 11.7 Å². The molecule has 1 saturated heterocycles. The van der Waals surface area contributed by atoms with E-state index >= 15 is 4.39 Å². The molecule has 3 atom stereocenters. The number of aromatic nitrogens is 3. The van der Waals surface area contributed by atoms with Crippen molar-refractivity contribution in [2.45, 2.75) is 38.0 Å². The minimum atomic E-state index is -2.84. The van der Waals surface area contributed by atoms with Gasteiger partial charge in [-0.05, 0) is 23.8 Å². The number of amidine groups is 1. The number of hydrogen-bond acceptors (Lipinski definition) is 6. The Bertz CT molecular complexity index is 1330. The fraction of sp³-hybridized carbons (Fsp3) is 0.375. The van der Waals surface area contributed by atoms with Crippen LogP contribution in [0.1, 0.15) is 48.6 Å². The van der Waals surface area contributed by atoms with E-state index in [0.29, 0.717) is 32.4 Å². The van der Waals surface area contributed by atoms with Gasteiger partial charge in [0.15, 0.2) is 10.8 Å². The molecular weight excluding hydrogens is 518 g/mol. The Hall–Kier alpha value is -2.76. The van der Waals surface area contributed by atoms with Gasteiger partial charge in [-0.25, -0.2) is 18.4 Å². The smallest absolute Gasteiger partial charge is 0.333 e. The quantitative estimate of drug-likeness (QED) is 0.398. The van der Waals surface area contributed by atoms with Gasteiger partial charge in [-0.3, -0.25) is 4.99 Å². The molecule has 0 saturated carbocycles. The number of alkyl halides is 3. The van der Waals surface area contributed by atoms with E-state index in [-0.39, 0.29) is 36.7 Å². The Labute approximate surface area is 213 Å². The van der Waals surface area contributed by atoms with Crippen LogP contribution in [0.4, 0.5) is 17.6 Å². The van der Waals surface area contributed by atoms with E-state index in [2.05, 4.69) is 10.1 Å². The van der Waals surface area contributed by atoms with Crippen molar-refractivity contribution in [3.05, 3.63) is 74.8 Å². The molecule has 190 valence electrons. The van der Waals surface area contributed by atoms with Crippen molar-refractivity contribution in [1.29, 1.82) is 0 Å². The summed E-state index contributed by atoms with van der Waals surface area (Å²) in [7, 11) is 0. The van der Waals surface area contributed by atoms with Crippen LogP contribution < -0.4 is 0 Å². The number of benzene rings is 1. The molecule has 4 heterocycles. The van der Waals surface area contributed by atoms with Crippen LogP contribution in [0.25, 0.3) is 5.57 Å². The van der Waals surface area contributed by atoms with Gasteiger partial charge in [0, 0.05) is 59.4 Å². The normalized spacial score (nSPS) is 23.2. The molecule has 2 aliphatic rings. The molecule has 2 aromatic heterocycles. The highest BCUT2D eigenvalue weighted by molar-refractivity contribution is 7.11. The summed E-state index contributed by atoms with van der Waals surface area (Å²) in [6, 6.07) is 4.83. The summed E-state index contributed by atoms with van der Waals surface area (Å²) in [5, 5.41) is 16.3. The molecule has 1 aromatic carbocycles. The Morgan fingerprint density at radius 2 is 2.11 bits per heavy atom. The number of halogens is 5. The number of aliphatic hydroxyl groups is 1. The first kappa shape index (κ1) is 24.9. The van der Waals surface area contributed by atoms with Gasteiger partial charge in [0.05, 0.1) is 18.3 Å². The zero-order valence-electron chi connectivity index (χ0n) is 19.1. The first-order valence-corrected chi connectivity index (χ1v) is 12.5. The van der Waals surface area contributed by atoms with Gasteiger partial charge >= 0.3 is 6.55 Å². The molecule has 0 spiro atoms. The number of thiazole rings is 1. The van der Waals surface area contributed by atoms with E-state index in [4.69, 9.17) is 16.6 Å². The molecule has 36 heavy (non-hydrogen) atoms. The zero-order valence-corrected chi connectivity index (χ0v) is 20.7. The van der Waals surface area contributed by atoms with Crippen LogP contribution in [-0.2, 0) is 0 Å². The van der Waals surface area contributed by atoms with Gasteiger partial charge in [0.25, 0.3) is 0 Å². The van der Waals surface area contributed by atoms with Crippen LogP contribution in [0.5, 0.6) is 0 Å². The van der Waals surface area contributed by atoms with Gasteiger partial charge in [-0.2, -0.15) is 13.9 Å². The topological polar surface area (TPSA) is 66.5 Å². The Kier molecular flexibility index (Phi) is 6.65. The zero-order chi connectivity index (χ0) is 25.6. The van der Waals surface area contributed by atoms with E-state index in [1.54, 1.807) is 23.4 Å². The first-order chi connectivity index (χ1) is 17.2. The molecule has 0 amide bonds. The number of fused-ring (bicyclic) bond motifs is 1. The van der Waals surface area contributed by atoms with Crippen LogP contribution >= 0.6 is 22.9 Å².